The third-order valence-corrected chi connectivity index (χ3v) is 5.29. The molecule has 0 aliphatic carbocycles. The molecule has 166 valence electrons. The van der Waals surface area contributed by atoms with Crippen LogP contribution in [0.15, 0.2) is 48.5 Å². The summed E-state index contributed by atoms with van der Waals surface area (Å²) in [6, 6.07) is 10.9. The largest absolute Gasteiger partial charge is 0.462 e. The highest BCUT2D eigenvalue weighted by Crippen LogP contribution is 2.23. The maximum absolute atomic E-state index is 12.4. The van der Waals surface area contributed by atoms with Crippen molar-refractivity contribution in [2.75, 3.05) is 29.0 Å². The number of carbonyl (C=O) groups is 2. The van der Waals surface area contributed by atoms with Gasteiger partial charge in [-0.1, -0.05) is 19.4 Å². The Kier molecular flexibility index (Phi) is 8.08. The van der Waals surface area contributed by atoms with Crippen molar-refractivity contribution < 1.29 is 27.7 Å². The van der Waals surface area contributed by atoms with Gasteiger partial charge in [-0.25, -0.2) is 13.2 Å². The van der Waals surface area contributed by atoms with Gasteiger partial charge in [-0.05, 0) is 36.8 Å². The van der Waals surface area contributed by atoms with E-state index in [0.29, 0.717) is 17.9 Å². The molecule has 0 bridgehead atoms. The van der Waals surface area contributed by atoms with E-state index in [-0.39, 0.29) is 11.4 Å². The molecule has 1 amide bonds. The average molecular weight is 449 g/mol. The topological polar surface area (TPSA) is 136 Å². The predicted molar refractivity (Wildman–Crippen MR) is 116 cm³/mol. The fourth-order valence-electron chi connectivity index (χ4n) is 2.57. The first-order valence-corrected chi connectivity index (χ1v) is 11.3. The van der Waals surface area contributed by atoms with Crippen molar-refractivity contribution in [1.82, 2.24) is 0 Å². The highest BCUT2D eigenvalue weighted by atomic mass is 32.2. The lowest BCUT2D eigenvalue weighted by Crippen LogP contribution is -2.37. The summed E-state index contributed by atoms with van der Waals surface area (Å²) in [6.45, 7) is 1.73. The van der Waals surface area contributed by atoms with Crippen molar-refractivity contribution in [3.05, 3.63) is 64.2 Å². The van der Waals surface area contributed by atoms with Gasteiger partial charge >= 0.3 is 5.97 Å². The second-order valence-corrected chi connectivity index (χ2v) is 8.57. The molecule has 0 radical (unpaired) electrons. The van der Waals surface area contributed by atoms with Crippen LogP contribution in [0.2, 0.25) is 0 Å². The van der Waals surface area contributed by atoms with Crippen molar-refractivity contribution in [3.63, 3.8) is 0 Å². The number of anilines is 2. The Hall–Kier alpha value is -3.47. The summed E-state index contributed by atoms with van der Waals surface area (Å²) in [7, 11) is -3.89. The van der Waals surface area contributed by atoms with Crippen LogP contribution >= 0.6 is 0 Å². The molecule has 1 N–H and O–H groups in total. The molecule has 2 aromatic rings. The van der Waals surface area contributed by atoms with Crippen LogP contribution in [0, 0.1) is 10.1 Å². The van der Waals surface area contributed by atoms with Crippen molar-refractivity contribution in [2.45, 2.75) is 19.8 Å². The van der Waals surface area contributed by atoms with Gasteiger partial charge < -0.3 is 10.1 Å². The van der Waals surface area contributed by atoms with Gasteiger partial charge in [0.25, 0.3) is 5.69 Å². The summed E-state index contributed by atoms with van der Waals surface area (Å²) in [6.07, 6.45) is 2.57. The van der Waals surface area contributed by atoms with Crippen LogP contribution < -0.4 is 9.62 Å². The number of non-ortho nitro benzene ring substituents is 1. The molecule has 0 aliphatic heterocycles. The van der Waals surface area contributed by atoms with Crippen LogP contribution in [-0.4, -0.2) is 44.6 Å². The molecule has 11 heteroatoms. The molecule has 2 rings (SSSR count). The zero-order valence-corrected chi connectivity index (χ0v) is 17.9. The minimum absolute atomic E-state index is 0.00276. The van der Waals surface area contributed by atoms with Crippen molar-refractivity contribution in [1.29, 1.82) is 0 Å². The number of amides is 1. The highest BCUT2D eigenvalue weighted by Gasteiger charge is 2.22. The van der Waals surface area contributed by atoms with E-state index >= 15 is 0 Å². The molecular formula is C20H23N3O7S. The lowest BCUT2D eigenvalue weighted by Gasteiger charge is -2.21. The number of rotatable bonds is 10. The number of benzene rings is 2. The predicted octanol–water partition coefficient (Wildman–Crippen LogP) is 2.96. The van der Waals surface area contributed by atoms with Gasteiger partial charge in [0.1, 0.15) is 6.54 Å². The minimum Gasteiger partial charge on any atom is -0.462 e. The van der Waals surface area contributed by atoms with Crippen LogP contribution in [0.4, 0.5) is 17.1 Å². The first kappa shape index (κ1) is 23.8. The number of carbonyl (C=O) groups excluding carboxylic acids is 2. The number of nitrogens with one attached hydrogen (secondary N) is 1. The number of ether oxygens (including phenoxy) is 1. The van der Waals surface area contributed by atoms with Gasteiger partial charge in [0.15, 0.2) is 0 Å². The molecule has 0 unspecified atom stereocenters. The molecule has 0 aliphatic rings. The smallest absolute Gasteiger partial charge is 0.338 e. The number of unbranched alkanes of at least 4 members (excludes halogenated alkanes) is 1. The number of nitro groups is 1. The maximum atomic E-state index is 12.4. The van der Waals surface area contributed by atoms with Crippen LogP contribution in [-0.2, 0) is 19.6 Å². The fraction of sp³-hybridized carbons (Fsp3) is 0.300. The average Bonchev–Trinajstić information content (AvgIpc) is 2.72. The Bertz CT molecular complexity index is 1050. The van der Waals surface area contributed by atoms with E-state index in [1.807, 2.05) is 6.92 Å². The molecule has 0 atom stereocenters. The lowest BCUT2D eigenvalue weighted by molar-refractivity contribution is -0.384. The van der Waals surface area contributed by atoms with E-state index in [0.717, 1.165) is 29.5 Å². The third-order valence-electron chi connectivity index (χ3n) is 4.15. The summed E-state index contributed by atoms with van der Waals surface area (Å²) in [5.41, 5.74) is 0.371. The first-order valence-electron chi connectivity index (χ1n) is 9.41. The van der Waals surface area contributed by atoms with Crippen LogP contribution in [0.1, 0.15) is 30.1 Å². The summed E-state index contributed by atoms with van der Waals surface area (Å²) < 4.78 is 30.2. The molecule has 0 aromatic heterocycles. The number of esters is 1. The summed E-state index contributed by atoms with van der Waals surface area (Å²) in [4.78, 5) is 34.6. The fourth-order valence-corrected chi connectivity index (χ4v) is 3.42. The monoisotopic (exact) mass is 449 g/mol. The zero-order chi connectivity index (χ0) is 23.0. The van der Waals surface area contributed by atoms with Crippen LogP contribution in [0.5, 0.6) is 0 Å². The Morgan fingerprint density at radius 2 is 1.84 bits per heavy atom. The van der Waals surface area contributed by atoms with Gasteiger partial charge in [-0.2, -0.15) is 0 Å². The third kappa shape index (κ3) is 7.07. The van der Waals surface area contributed by atoms with Gasteiger partial charge in [0.2, 0.25) is 15.9 Å². The van der Waals surface area contributed by atoms with Gasteiger partial charge in [-0.3, -0.25) is 19.2 Å². The molecular weight excluding hydrogens is 426 g/mol. The number of hydrogen-bond donors (Lipinski definition) is 1. The normalized spacial score (nSPS) is 10.9. The number of sulfonamides is 1. The number of nitro benzene ring substituents is 1. The van der Waals surface area contributed by atoms with Crippen molar-refractivity contribution >= 4 is 39.0 Å². The molecule has 0 spiro atoms. The molecule has 10 nitrogen and oxygen atoms in total. The molecule has 0 saturated carbocycles. The van der Waals surface area contributed by atoms with Crippen molar-refractivity contribution in [2.24, 2.45) is 0 Å². The Morgan fingerprint density at radius 3 is 2.42 bits per heavy atom. The van der Waals surface area contributed by atoms with Crippen LogP contribution in [0.3, 0.4) is 0 Å². The second-order valence-electron chi connectivity index (χ2n) is 6.66. The molecule has 31 heavy (non-hydrogen) atoms. The Balaban J connectivity index is 2.09. The minimum atomic E-state index is -3.89. The lowest BCUT2D eigenvalue weighted by atomic mass is 10.2. The Morgan fingerprint density at radius 1 is 1.16 bits per heavy atom. The zero-order valence-electron chi connectivity index (χ0n) is 17.1. The highest BCUT2D eigenvalue weighted by molar-refractivity contribution is 7.92. The SMILES string of the molecule is CCCCOC(=O)c1ccc(NC(=O)CN(c2cccc([N+](=O)[O-])c2)S(C)(=O)=O)cc1. The van der Waals surface area contributed by atoms with Gasteiger partial charge in [-0.15, -0.1) is 0 Å². The maximum Gasteiger partial charge on any atom is 0.338 e. The standard InChI is InChI=1S/C20H23N3O7S/c1-3-4-12-30-20(25)15-8-10-16(11-9-15)21-19(24)14-22(31(2,28)29)17-6-5-7-18(13-17)23(26)27/h5-11,13H,3-4,12,14H2,1-2H3,(H,21,24). The number of hydrogen-bond acceptors (Lipinski definition) is 7. The van der Waals surface area contributed by atoms with E-state index < -0.39 is 33.4 Å². The summed E-state index contributed by atoms with van der Waals surface area (Å²) in [5.74, 6) is -1.13. The van der Waals surface area contributed by atoms with Crippen LogP contribution in [0.25, 0.3) is 0 Å². The summed E-state index contributed by atoms with van der Waals surface area (Å²) >= 11 is 0. The molecule has 2 aromatic carbocycles. The van der Waals surface area contributed by atoms with E-state index in [1.165, 1.54) is 42.5 Å². The molecule has 0 saturated heterocycles. The Labute approximate surface area is 180 Å². The summed E-state index contributed by atoms with van der Waals surface area (Å²) in [5, 5.41) is 13.5. The van der Waals surface area contributed by atoms with Gasteiger partial charge in [0.05, 0.1) is 29.0 Å². The van der Waals surface area contributed by atoms with E-state index in [2.05, 4.69) is 5.32 Å². The molecule has 0 heterocycles. The quantitative estimate of drug-likeness (QED) is 0.255. The van der Waals surface area contributed by atoms with E-state index in [1.54, 1.807) is 0 Å². The van der Waals surface area contributed by atoms with Crippen molar-refractivity contribution in [3.8, 4) is 0 Å². The number of nitrogens with zero attached hydrogens (tertiary/aromatic N) is 2. The molecule has 0 fully saturated rings. The van der Waals surface area contributed by atoms with E-state index in [9.17, 15) is 28.1 Å². The van der Waals surface area contributed by atoms with Gasteiger partial charge in [0, 0.05) is 17.8 Å². The second kappa shape index (κ2) is 10.5. The first-order chi connectivity index (χ1) is 14.6. The van der Waals surface area contributed by atoms with E-state index in [4.69, 9.17) is 4.74 Å².